The molecule has 9 nitrogen and oxygen atoms in total. The molecule has 0 unspecified atom stereocenters. The quantitative estimate of drug-likeness (QED) is 0.453. The molecule has 3 N–H and O–H groups in total. The second-order valence-electron chi connectivity index (χ2n) is 5.11. The first-order valence-corrected chi connectivity index (χ1v) is 9.90. The highest BCUT2D eigenvalue weighted by atomic mass is 35.5. The lowest BCUT2D eigenvalue weighted by Crippen LogP contribution is -2.08. The Balaban J connectivity index is 0.000000212. The number of hydrogen-bond donors (Lipinski definition) is 3. The van der Waals surface area contributed by atoms with Crippen LogP contribution in [0.1, 0.15) is 13.8 Å². The van der Waals surface area contributed by atoms with Crippen LogP contribution in [0.2, 0.25) is 20.9 Å². The summed E-state index contributed by atoms with van der Waals surface area (Å²) in [5, 5.41) is 9.60. The number of benzene rings is 1. The predicted molar refractivity (Wildman–Crippen MR) is 118 cm³/mol. The summed E-state index contributed by atoms with van der Waals surface area (Å²) < 4.78 is 0. The monoisotopic (exact) mass is 475 g/mol. The molecule has 29 heavy (non-hydrogen) atoms. The molecule has 1 aromatic carbocycles. The maximum Gasteiger partial charge on any atom is 0.232 e. The van der Waals surface area contributed by atoms with Crippen LogP contribution < -0.4 is 16.0 Å². The lowest BCUT2D eigenvalue weighted by Gasteiger charge is -2.06. The minimum atomic E-state index is 0.0227. The van der Waals surface area contributed by atoms with Gasteiger partial charge in [-0.25, -0.2) is 0 Å². The normalized spacial score (nSPS) is 10.0. The van der Waals surface area contributed by atoms with Gasteiger partial charge in [0.1, 0.15) is 0 Å². The summed E-state index contributed by atoms with van der Waals surface area (Å²) in [6.45, 7) is 5.44. The molecule has 0 aliphatic heterocycles. The zero-order chi connectivity index (χ0) is 21.2. The molecule has 2 heterocycles. The summed E-state index contributed by atoms with van der Waals surface area (Å²) in [6, 6.07) is 7.18. The third-order valence-corrected chi connectivity index (χ3v) is 3.82. The topological polar surface area (TPSA) is 113 Å². The Hall–Kier alpha value is -2.20. The van der Waals surface area contributed by atoms with E-state index in [0.29, 0.717) is 22.6 Å². The second kappa shape index (κ2) is 11.7. The molecule has 154 valence electrons. The van der Waals surface area contributed by atoms with Crippen molar-refractivity contribution in [1.82, 2.24) is 29.9 Å². The van der Waals surface area contributed by atoms with Crippen molar-refractivity contribution in [3.05, 3.63) is 45.1 Å². The van der Waals surface area contributed by atoms with Gasteiger partial charge in [-0.05, 0) is 60.8 Å². The highest BCUT2D eigenvalue weighted by Gasteiger charge is 2.05. The van der Waals surface area contributed by atoms with E-state index >= 15 is 0 Å². The lowest BCUT2D eigenvalue weighted by atomic mass is 10.3. The van der Waals surface area contributed by atoms with Crippen LogP contribution in [-0.2, 0) is 0 Å². The van der Waals surface area contributed by atoms with E-state index in [9.17, 15) is 0 Å². The Labute approximate surface area is 187 Å². The fourth-order valence-corrected chi connectivity index (χ4v) is 2.60. The molecule has 0 aliphatic rings. The third kappa shape index (κ3) is 7.98. The largest absolute Gasteiger partial charge is 0.354 e. The number of nitrogens with zero attached hydrogens (tertiary/aromatic N) is 6. The fourth-order valence-electron chi connectivity index (χ4n) is 1.89. The summed E-state index contributed by atoms with van der Waals surface area (Å²) in [6.07, 6.45) is 0. The highest BCUT2D eigenvalue weighted by Crippen LogP contribution is 2.23. The van der Waals surface area contributed by atoms with Gasteiger partial charge < -0.3 is 16.0 Å². The molecular formula is C16H17Cl4N9. The molecule has 13 heteroatoms. The standard InChI is InChI=1S/C9H5Cl3N4.C7H12ClN5/c10-5-3-1-2-4-6(5)13-9-15-7(11)14-8(12)16-9;1-3-9-6-11-5(8)12-7(13-6)10-4-2/h1-4H,(H,13,14,15,16);3-4H2,1-2H3,(H2,9,10,11,12,13). The van der Waals surface area contributed by atoms with E-state index in [1.54, 1.807) is 12.1 Å². The predicted octanol–water partition coefficient (Wildman–Crippen LogP) is 4.96. The molecule has 3 aromatic rings. The van der Waals surface area contributed by atoms with Gasteiger partial charge >= 0.3 is 0 Å². The van der Waals surface area contributed by atoms with E-state index in [2.05, 4.69) is 45.9 Å². The van der Waals surface area contributed by atoms with Crippen molar-refractivity contribution in [2.24, 2.45) is 0 Å². The molecule has 0 aliphatic carbocycles. The first-order chi connectivity index (χ1) is 13.9. The molecule has 0 spiro atoms. The van der Waals surface area contributed by atoms with Gasteiger partial charge in [-0.2, -0.15) is 29.9 Å². The second-order valence-corrected chi connectivity index (χ2v) is 6.54. The molecule has 3 rings (SSSR count). The van der Waals surface area contributed by atoms with Gasteiger partial charge in [0, 0.05) is 13.1 Å². The first-order valence-electron chi connectivity index (χ1n) is 8.39. The maximum absolute atomic E-state index is 5.95. The van der Waals surface area contributed by atoms with Crippen molar-refractivity contribution in [2.45, 2.75) is 13.8 Å². The Morgan fingerprint density at radius 3 is 1.66 bits per heavy atom. The van der Waals surface area contributed by atoms with Crippen LogP contribution in [0.25, 0.3) is 0 Å². The smallest absolute Gasteiger partial charge is 0.232 e. The van der Waals surface area contributed by atoms with E-state index in [-0.39, 0.29) is 21.8 Å². The van der Waals surface area contributed by atoms with Crippen LogP contribution in [0.4, 0.5) is 23.5 Å². The first kappa shape index (κ1) is 23.1. The fraction of sp³-hybridized carbons (Fsp3) is 0.250. The Morgan fingerprint density at radius 2 is 1.14 bits per heavy atom. The Morgan fingerprint density at radius 1 is 0.655 bits per heavy atom. The molecule has 0 saturated carbocycles. The summed E-state index contributed by atoms with van der Waals surface area (Å²) in [5.74, 6) is 1.25. The van der Waals surface area contributed by atoms with Gasteiger partial charge in [0.05, 0.1) is 10.7 Å². The van der Waals surface area contributed by atoms with Gasteiger partial charge in [0.2, 0.25) is 33.7 Å². The highest BCUT2D eigenvalue weighted by molar-refractivity contribution is 6.33. The zero-order valence-corrected chi connectivity index (χ0v) is 18.4. The van der Waals surface area contributed by atoms with Gasteiger partial charge in [-0.15, -0.1) is 0 Å². The van der Waals surface area contributed by atoms with Gasteiger partial charge in [-0.1, -0.05) is 23.7 Å². The van der Waals surface area contributed by atoms with Crippen LogP contribution in [0, 0.1) is 0 Å². The van der Waals surface area contributed by atoms with Gasteiger partial charge in [0.15, 0.2) is 0 Å². The van der Waals surface area contributed by atoms with E-state index in [1.165, 1.54) is 0 Å². The van der Waals surface area contributed by atoms with Crippen molar-refractivity contribution in [3.8, 4) is 0 Å². The Bertz CT molecular complexity index is 898. The number of hydrogen-bond acceptors (Lipinski definition) is 9. The molecule has 0 radical (unpaired) electrons. The summed E-state index contributed by atoms with van der Waals surface area (Å²) in [4.78, 5) is 23.2. The average molecular weight is 477 g/mol. The average Bonchev–Trinajstić information content (AvgIpc) is 2.63. The van der Waals surface area contributed by atoms with Crippen molar-refractivity contribution < 1.29 is 0 Å². The summed E-state index contributed by atoms with van der Waals surface area (Å²) in [7, 11) is 0. The van der Waals surface area contributed by atoms with Crippen molar-refractivity contribution in [2.75, 3.05) is 29.0 Å². The van der Waals surface area contributed by atoms with Crippen LogP contribution in [0.3, 0.4) is 0 Å². The Kier molecular flexibility index (Phi) is 9.33. The molecule has 0 saturated heterocycles. The molecule has 0 fully saturated rings. The minimum absolute atomic E-state index is 0.0227. The van der Waals surface area contributed by atoms with Crippen molar-refractivity contribution in [3.63, 3.8) is 0 Å². The van der Waals surface area contributed by atoms with Crippen molar-refractivity contribution in [1.29, 1.82) is 0 Å². The van der Waals surface area contributed by atoms with Crippen molar-refractivity contribution >= 4 is 69.9 Å². The molecular weight excluding hydrogens is 460 g/mol. The number of aromatic nitrogens is 6. The van der Waals surface area contributed by atoms with Crippen LogP contribution in [-0.4, -0.2) is 43.0 Å². The van der Waals surface area contributed by atoms with E-state index in [4.69, 9.17) is 46.4 Å². The van der Waals surface area contributed by atoms with Gasteiger partial charge in [0.25, 0.3) is 0 Å². The number of para-hydroxylation sites is 1. The molecule has 0 atom stereocenters. The number of halogens is 4. The maximum atomic E-state index is 5.95. The van der Waals surface area contributed by atoms with Crippen LogP contribution >= 0.6 is 46.4 Å². The van der Waals surface area contributed by atoms with Crippen LogP contribution in [0.5, 0.6) is 0 Å². The third-order valence-electron chi connectivity index (χ3n) is 2.98. The van der Waals surface area contributed by atoms with E-state index in [0.717, 1.165) is 13.1 Å². The van der Waals surface area contributed by atoms with Gasteiger partial charge in [-0.3, -0.25) is 0 Å². The number of anilines is 4. The van der Waals surface area contributed by atoms with E-state index in [1.807, 2.05) is 26.0 Å². The molecule has 0 bridgehead atoms. The summed E-state index contributed by atoms with van der Waals surface area (Å²) in [5.41, 5.74) is 0.669. The SMILES string of the molecule is CCNc1nc(Cl)nc(NCC)n1.Clc1nc(Cl)nc(Nc2ccccc2Cl)n1. The number of rotatable bonds is 6. The summed E-state index contributed by atoms with van der Waals surface area (Å²) >= 11 is 22.9. The lowest BCUT2D eigenvalue weighted by molar-refractivity contribution is 0.999. The van der Waals surface area contributed by atoms with E-state index < -0.39 is 0 Å². The zero-order valence-electron chi connectivity index (χ0n) is 15.4. The molecule has 2 aromatic heterocycles. The number of nitrogens with one attached hydrogen (secondary N) is 3. The minimum Gasteiger partial charge on any atom is -0.354 e. The molecule has 0 amide bonds. The van der Waals surface area contributed by atoms with Crippen LogP contribution in [0.15, 0.2) is 24.3 Å².